The first-order chi connectivity index (χ1) is 37.0. The number of hydrogen-bond acceptors (Lipinski definition) is 13. The zero-order valence-electron chi connectivity index (χ0n) is 43.2. The molecule has 0 amide bonds. The van der Waals surface area contributed by atoms with Crippen LogP contribution >= 0.6 is 0 Å². The molecule has 0 unspecified atom stereocenters. The number of aliphatic imine (C=N–C) groups is 3. The van der Waals surface area contributed by atoms with Crippen molar-refractivity contribution in [2.45, 2.75) is 0 Å². The minimum Gasteiger partial charge on any atom is -0.545 e. The van der Waals surface area contributed by atoms with Crippen molar-refractivity contribution in [3.8, 4) is 34.5 Å². The van der Waals surface area contributed by atoms with E-state index in [2.05, 4.69) is 30.9 Å². The second-order valence-corrected chi connectivity index (χ2v) is 15.6. The largest absolute Gasteiger partial charge is 2.00 e. The van der Waals surface area contributed by atoms with Gasteiger partial charge in [0.2, 0.25) is 0 Å². The van der Waals surface area contributed by atoms with Gasteiger partial charge in [0.15, 0.2) is 11.6 Å². The minimum atomic E-state index is -1.37. The molecular formula is C60H52Mo2N6O10. The topological polar surface area (TPSA) is 209 Å². The molecule has 8 aromatic carbocycles. The number of carbonyl (C=O) groups excluding carboxylic acids is 3. The molecule has 0 atom stereocenters. The third kappa shape index (κ3) is 18.8. The first kappa shape index (κ1) is 61.7. The summed E-state index contributed by atoms with van der Waals surface area (Å²) < 4.78 is 30.5. The van der Waals surface area contributed by atoms with Crippen LogP contribution in [0.15, 0.2) is 203 Å². The van der Waals surface area contributed by atoms with Gasteiger partial charge in [0, 0.05) is 22.3 Å². The summed E-state index contributed by atoms with van der Waals surface area (Å²) in [7, 11) is 9.82. The zero-order valence-corrected chi connectivity index (χ0v) is 47.2. The smallest absolute Gasteiger partial charge is 0.545 e. The number of hydrogen-bond donors (Lipinski definition) is 0. The van der Waals surface area contributed by atoms with Crippen LogP contribution in [0.4, 0.5) is 34.1 Å². The summed E-state index contributed by atoms with van der Waals surface area (Å²) in [5, 5.41) is 23.5. The number of nitrogens with zero attached hydrogens (tertiary/aromatic N) is 6. The van der Waals surface area contributed by atoms with Crippen molar-refractivity contribution in [1.82, 2.24) is 0 Å². The summed E-state index contributed by atoms with van der Waals surface area (Å²) in [5.74, 6) is 2.89. The summed E-state index contributed by atoms with van der Waals surface area (Å²) >= 11 is 0. The summed E-state index contributed by atoms with van der Waals surface area (Å²) in [4.78, 5) is 48.0. The fourth-order valence-electron chi connectivity index (χ4n) is 6.72. The number of carboxylic acids is 1. The number of carbonyl (C=O) groups is 3. The normalized spacial score (nSPS) is 10.7. The molecule has 0 aromatic heterocycles. The van der Waals surface area contributed by atoms with Crippen molar-refractivity contribution < 1.29 is 90.0 Å². The van der Waals surface area contributed by atoms with Crippen LogP contribution in [0.1, 0.15) is 42.2 Å². The molecule has 0 saturated carbocycles. The number of methoxy groups -OCH3 is 6. The van der Waals surface area contributed by atoms with Crippen molar-refractivity contribution >= 4 is 70.7 Å². The van der Waals surface area contributed by atoms with Crippen molar-refractivity contribution in [2.75, 3.05) is 42.7 Å². The van der Waals surface area contributed by atoms with Crippen molar-refractivity contribution in [1.29, 1.82) is 0 Å². The van der Waals surface area contributed by atoms with Crippen LogP contribution in [0, 0.1) is 0 Å². The summed E-state index contributed by atoms with van der Waals surface area (Å²) in [6.45, 7) is 0. The van der Waals surface area contributed by atoms with E-state index in [-0.39, 0.29) is 70.4 Å². The van der Waals surface area contributed by atoms with E-state index in [1.165, 1.54) is 37.2 Å². The Morgan fingerprint density at radius 2 is 0.628 bits per heavy atom. The first-order valence-electron chi connectivity index (χ1n) is 23.1. The van der Waals surface area contributed by atoms with Gasteiger partial charge in [0.1, 0.15) is 34.5 Å². The van der Waals surface area contributed by atoms with E-state index in [1.807, 2.05) is 146 Å². The molecule has 0 radical (unpaired) electrons. The third-order valence-electron chi connectivity index (χ3n) is 10.8. The average Bonchev–Trinajstić information content (AvgIpc) is 3.54. The average molecular weight is 1210 g/mol. The molecule has 9 rings (SSSR count). The Hall–Kier alpha value is -8.84. The summed E-state index contributed by atoms with van der Waals surface area (Å²) in [5.41, 5.74) is 5.87. The fraction of sp³-hybridized carbons (Fsp3) is 0.100. The Morgan fingerprint density at radius 3 is 0.897 bits per heavy atom. The van der Waals surface area contributed by atoms with Crippen LogP contribution in [-0.2, 0) is 42.1 Å². The van der Waals surface area contributed by atoms with Crippen LogP contribution in [-0.4, -0.2) is 79.2 Å². The molecule has 0 spiro atoms. The maximum absolute atomic E-state index is 12.3. The van der Waals surface area contributed by atoms with E-state index in [0.717, 1.165) is 68.6 Å². The number of fused-ring (bicyclic) bond motifs is 2. The van der Waals surface area contributed by atoms with Crippen molar-refractivity contribution in [2.24, 2.45) is 15.0 Å². The Bertz CT molecular complexity index is 2990. The molecule has 0 aliphatic heterocycles. The molecule has 78 heavy (non-hydrogen) atoms. The number of benzene rings is 8. The Labute approximate surface area is 481 Å². The van der Waals surface area contributed by atoms with E-state index in [0.29, 0.717) is 11.1 Å². The van der Waals surface area contributed by atoms with Gasteiger partial charge in [-0.25, -0.2) is 0 Å². The molecule has 0 heterocycles. The maximum Gasteiger partial charge on any atom is 2.00 e. The molecule has 0 bridgehead atoms. The first-order valence-corrected chi connectivity index (χ1v) is 23.1. The quantitative estimate of drug-likeness (QED) is 0.0507. The zero-order chi connectivity index (χ0) is 54.1. The van der Waals surface area contributed by atoms with E-state index < -0.39 is 5.97 Å². The number of ether oxygens (including phenoxy) is 6. The van der Waals surface area contributed by atoms with Crippen molar-refractivity contribution in [3.05, 3.63) is 232 Å². The number of rotatable bonds is 16. The third-order valence-corrected chi connectivity index (χ3v) is 10.8. The number of carboxylic acid groups (broad SMARTS) is 1. The SMILES string of the molecule is COc1ccc(N=C[N-]c2ccc(OC)cc2)cc1.COc1ccc(N=C[N-]c2ccc(OC)cc2)cc1.COc1ccc(N=C[N-]c2ccc(OC)cc2)cc1.O=C([O-])c1ccc2c(c1)C(=O)c1ccccc1C2=O.[Mo+2].[Mo+2]. The molecule has 8 aromatic rings. The number of ketones is 2. The van der Waals surface area contributed by atoms with Gasteiger partial charge in [-0.3, -0.25) is 9.59 Å². The van der Waals surface area contributed by atoms with Gasteiger partial charge in [-0.2, -0.15) is 0 Å². The van der Waals surface area contributed by atoms with Gasteiger partial charge < -0.3 is 69.2 Å². The minimum absolute atomic E-state index is 0. The molecule has 0 fully saturated rings. The molecule has 0 N–H and O–H groups in total. The Kier molecular flexibility index (Phi) is 25.8. The van der Waals surface area contributed by atoms with Crippen LogP contribution in [0.5, 0.6) is 34.5 Å². The van der Waals surface area contributed by atoms with E-state index >= 15 is 0 Å². The van der Waals surface area contributed by atoms with Crippen LogP contribution in [0.25, 0.3) is 16.0 Å². The van der Waals surface area contributed by atoms with Crippen LogP contribution in [0.2, 0.25) is 0 Å². The Balaban J connectivity index is 0.000000222. The van der Waals surface area contributed by atoms with Gasteiger partial charge in [-0.15, -0.1) is 0 Å². The molecule has 1 aliphatic rings. The molecule has 18 heteroatoms. The molecule has 16 nitrogen and oxygen atoms in total. The maximum atomic E-state index is 12.3. The second kappa shape index (κ2) is 32.6. The summed E-state index contributed by atoms with van der Waals surface area (Å²) in [6, 6.07) is 55.1. The summed E-state index contributed by atoms with van der Waals surface area (Å²) in [6.07, 6.45) is 4.59. The van der Waals surface area contributed by atoms with E-state index in [1.54, 1.807) is 66.9 Å². The van der Waals surface area contributed by atoms with Crippen LogP contribution in [0.3, 0.4) is 0 Å². The predicted molar refractivity (Wildman–Crippen MR) is 296 cm³/mol. The fourth-order valence-corrected chi connectivity index (χ4v) is 6.72. The molecular weight excluding hydrogens is 1160 g/mol. The van der Waals surface area contributed by atoms with E-state index in [4.69, 9.17) is 28.4 Å². The monoisotopic (exact) mass is 1210 g/mol. The van der Waals surface area contributed by atoms with Crippen LogP contribution < -0.4 is 33.5 Å². The Morgan fingerprint density at radius 1 is 0.372 bits per heavy atom. The van der Waals surface area contributed by atoms with Crippen molar-refractivity contribution in [3.63, 3.8) is 0 Å². The van der Waals surface area contributed by atoms with Gasteiger partial charge in [0.05, 0.1) is 48.6 Å². The van der Waals surface area contributed by atoms with E-state index in [9.17, 15) is 19.5 Å². The molecule has 1 aliphatic carbocycles. The number of aromatic carboxylic acids is 1. The second-order valence-electron chi connectivity index (χ2n) is 15.6. The molecule has 0 saturated heterocycles. The molecule has 394 valence electrons. The standard InChI is InChI=1S/3C15H15N2O2.C15H8O4.2Mo/c3*1-18-14-7-3-12(4-8-14)16-11-17-13-5-9-15(19-2)10-6-13;16-13-9-3-1-2-4-10(9)14(17)12-7-8(15(18)19)5-6-11(12)13;;/h3*3-11H,1-2H3;1-7H,(H,18,19);;/q3*-1;;2*+2/p-1. The van der Waals surface area contributed by atoms with Gasteiger partial charge in [0.25, 0.3) is 0 Å². The predicted octanol–water partition coefficient (Wildman–Crippen LogP) is 13.0. The van der Waals surface area contributed by atoms with Gasteiger partial charge >= 0.3 is 42.1 Å². The van der Waals surface area contributed by atoms with Gasteiger partial charge in [-0.05, 0) is 125 Å². The van der Waals surface area contributed by atoms with Gasteiger partial charge in [-0.1, -0.05) is 122 Å².